The molecule has 0 aliphatic carbocycles. The van der Waals surface area contributed by atoms with Crippen molar-refractivity contribution in [3.8, 4) is 0 Å². The van der Waals surface area contributed by atoms with Gasteiger partial charge < -0.3 is 10.6 Å². The van der Waals surface area contributed by atoms with E-state index in [9.17, 15) is 0 Å². The second kappa shape index (κ2) is 3.91. The summed E-state index contributed by atoms with van der Waals surface area (Å²) in [5.74, 6) is 0.797. The van der Waals surface area contributed by atoms with Crippen LogP contribution in [0.4, 0.5) is 5.13 Å². The zero-order chi connectivity index (χ0) is 9.97. The molecule has 1 aromatic heterocycles. The Labute approximate surface area is 86.4 Å². The van der Waals surface area contributed by atoms with Gasteiger partial charge in [0.2, 0.25) is 5.13 Å². The van der Waals surface area contributed by atoms with Crippen molar-refractivity contribution in [3.63, 3.8) is 0 Å². The SMILES string of the molecule is N=C(N)CC1CCN(c2nncs2)C1. The summed E-state index contributed by atoms with van der Waals surface area (Å²) in [7, 11) is 0. The Balaban J connectivity index is 1.92. The van der Waals surface area contributed by atoms with Gasteiger partial charge in [-0.05, 0) is 12.3 Å². The highest BCUT2D eigenvalue weighted by Gasteiger charge is 2.24. The van der Waals surface area contributed by atoms with Gasteiger partial charge in [0.05, 0.1) is 5.84 Å². The predicted molar refractivity (Wildman–Crippen MR) is 56.8 cm³/mol. The Bertz CT molecular complexity index is 310. The minimum Gasteiger partial charge on any atom is -0.388 e. The van der Waals surface area contributed by atoms with Crippen LogP contribution in [0.2, 0.25) is 0 Å². The number of anilines is 1. The highest BCUT2D eigenvalue weighted by molar-refractivity contribution is 7.13. The quantitative estimate of drug-likeness (QED) is 0.569. The monoisotopic (exact) mass is 211 g/mol. The van der Waals surface area contributed by atoms with Crippen molar-refractivity contribution in [3.05, 3.63) is 5.51 Å². The molecule has 1 atom stereocenters. The van der Waals surface area contributed by atoms with Crippen molar-refractivity contribution in [2.45, 2.75) is 12.8 Å². The molecule has 0 amide bonds. The van der Waals surface area contributed by atoms with Crippen LogP contribution in [0.15, 0.2) is 5.51 Å². The Kier molecular flexibility index (Phi) is 2.62. The fourth-order valence-corrected chi connectivity index (χ4v) is 2.39. The maximum atomic E-state index is 7.23. The van der Waals surface area contributed by atoms with Crippen LogP contribution in [0.1, 0.15) is 12.8 Å². The number of nitrogens with one attached hydrogen (secondary N) is 1. The van der Waals surface area contributed by atoms with Gasteiger partial charge in [0.15, 0.2) is 0 Å². The molecule has 0 saturated carbocycles. The topological polar surface area (TPSA) is 78.9 Å². The van der Waals surface area contributed by atoms with Crippen LogP contribution < -0.4 is 10.6 Å². The number of hydrogen-bond donors (Lipinski definition) is 2. The molecule has 0 radical (unpaired) electrons. The molecule has 5 nitrogen and oxygen atoms in total. The van der Waals surface area contributed by atoms with Gasteiger partial charge in [0.1, 0.15) is 5.51 Å². The molecule has 6 heteroatoms. The molecule has 0 bridgehead atoms. The Morgan fingerprint density at radius 1 is 1.79 bits per heavy atom. The zero-order valence-corrected chi connectivity index (χ0v) is 8.63. The first-order valence-electron chi connectivity index (χ1n) is 4.59. The van der Waals surface area contributed by atoms with Crippen LogP contribution in [0.5, 0.6) is 0 Å². The van der Waals surface area contributed by atoms with Gasteiger partial charge >= 0.3 is 0 Å². The Morgan fingerprint density at radius 3 is 3.29 bits per heavy atom. The summed E-state index contributed by atoms with van der Waals surface area (Å²) >= 11 is 1.56. The summed E-state index contributed by atoms with van der Waals surface area (Å²) < 4.78 is 0. The third kappa shape index (κ3) is 2.01. The lowest BCUT2D eigenvalue weighted by Crippen LogP contribution is -2.21. The Morgan fingerprint density at radius 2 is 2.64 bits per heavy atom. The summed E-state index contributed by atoms with van der Waals surface area (Å²) in [4.78, 5) is 2.21. The molecule has 3 N–H and O–H groups in total. The standard InChI is InChI=1S/C8H13N5S/c9-7(10)3-6-1-2-13(4-6)8-12-11-5-14-8/h5-6H,1-4H2,(H3,9,10). The van der Waals surface area contributed by atoms with Gasteiger partial charge in [-0.1, -0.05) is 11.3 Å². The van der Waals surface area contributed by atoms with Crippen LogP contribution in [0.25, 0.3) is 0 Å². The largest absolute Gasteiger partial charge is 0.388 e. The molecule has 1 aliphatic rings. The van der Waals surface area contributed by atoms with Crippen molar-refractivity contribution < 1.29 is 0 Å². The summed E-state index contributed by atoms with van der Waals surface area (Å²) in [5.41, 5.74) is 7.12. The van der Waals surface area contributed by atoms with Gasteiger partial charge in [-0.2, -0.15) is 0 Å². The predicted octanol–water partition coefficient (Wildman–Crippen LogP) is 0.690. The van der Waals surface area contributed by atoms with Gasteiger partial charge in [0.25, 0.3) is 0 Å². The highest BCUT2D eigenvalue weighted by atomic mass is 32.1. The molecule has 1 aromatic rings. The number of hydrogen-bond acceptors (Lipinski definition) is 5. The molecular weight excluding hydrogens is 198 g/mol. The number of aromatic nitrogens is 2. The Hall–Kier alpha value is -1.17. The summed E-state index contributed by atoms with van der Waals surface area (Å²) in [6, 6.07) is 0. The second-order valence-corrected chi connectivity index (χ2v) is 4.36. The van der Waals surface area contributed by atoms with E-state index in [1.807, 2.05) is 0 Å². The lowest BCUT2D eigenvalue weighted by molar-refractivity contribution is 0.612. The fraction of sp³-hybridized carbons (Fsp3) is 0.625. The van der Waals surface area contributed by atoms with Crippen LogP contribution in [0.3, 0.4) is 0 Å². The summed E-state index contributed by atoms with van der Waals surface area (Å²) in [6.45, 7) is 1.96. The van der Waals surface area contributed by atoms with Crippen LogP contribution >= 0.6 is 11.3 Å². The van der Waals surface area contributed by atoms with Gasteiger partial charge in [-0.15, -0.1) is 10.2 Å². The van der Waals surface area contributed by atoms with Gasteiger partial charge in [-0.3, -0.25) is 5.41 Å². The van der Waals surface area contributed by atoms with Crippen molar-refractivity contribution in [2.24, 2.45) is 11.7 Å². The van der Waals surface area contributed by atoms with Crippen LogP contribution in [-0.2, 0) is 0 Å². The maximum absolute atomic E-state index is 7.23. The van der Waals surface area contributed by atoms with Crippen LogP contribution in [-0.4, -0.2) is 29.1 Å². The smallest absolute Gasteiger partial charge is 0.208 e. The molecule has 0 spiro atoms. The maximum Gasteiger partial charge on any atom is 0.208 e. The van der Waals surface area contributed by atoms with E-state index in [0.29, 0.717) is 12.3 Å². The molecule has 2 heterocycles. The minimum atomic E-state index is 0.286. The lowest BCUT2D eigenvalue weighted by atomic mass is 10.1. The summed E-state index contributed by atoms with van der Waals surface area (Å²) in [6.07, 6.45) is 1.80. The lowest BCUT2D eigenvalue weighted by Gasteiger charge is -2.13. The first-order valence-corrected chi connectivity index (χ1v) is 5.47. The molecule has 1 fully saturated rings. The highest BCUT2D eigenvalue weighted by Crippen LogP contribution is 2.25. The average Bonchev–Trinajstić information content (AvgIpc) is 2.69. The van der Waals surface area contributed by atoms with E-state index >= 15 is 0 Å². The van der Waals surface area contributed by atoms with Crippen molar-refractivity contribution >= 4 is 22.3 Å². The van der Waals surface area contributed by atoms with Crippen LogP contribution in [0, 0.1) is 11.3 Å². The number of amidine groups is 1. The van der Waals surface area contributed by atoms with Crippen molar-refractivity contribution in [2.75, 3.05) is 18.0 Å². The van der Waals surface area contributed by atoms with E-state index in [0.717, 1.165) is 24.6 Å². The molecule has 0 aromatic carbocycles. The van der Waals surface area contributed by atoms with Crippen molar-refractivity contribution in [1.82, 2.24) is 10.2 Å². The molecule has 1 unspecified atom stereocenters. The average molecular weight is 211 g/mol. The minimum absolute atomic E-state index is 0.286. The first-order chi connectivity index (χ1) is 6.75. The fourth-order valence-electron chi connectivity index (χ4n) is 1.79. The number of rotatable bonds is 3. The first kappa shape index (κ1) is 9.39. The molecule has 2 rings (SSSR count). The van der Waals surface area contributed by atoms with E-state index in [1.54, 1.807) is 16.8 Å². The molecule has 14 heavy (non-hydrogen) atoms. The third-order valence-corrected chi connectivity index (χ3v) is 3.16. The molecular formula is C8H13N5S. The van der Waals surface area contributed by atoms with E-state index in [-0.39, 0.29) is 5.84 Å². The molecule has 1 aliphatic heterocycles. The zero-order valence-electron chi connectivity index (χ0n) is 7.81. The van der Waals surface area contributed by atoms with E-state index < -0.39 is 0 Å². The van der Waals surface area contributed by atoms with Gasteiger partial charge in [0, 0.05) is 19.5 Å². The number of nitrogens with two attached hydrogens (primary N) is 1. The van der Waals surface area contributed by atoms with E-state index in [4.69, 9.17) is 11.1 Å². The molecule has 76 valence electrons. The van der Waals surface area contributed by atoms with Gasteiger partial charge in [-0.25, -0.2) is 0 Å². The number of nitrogens with zero attached hydrogens (tertiary/aromatic N) is 3. The van der Waals surface area contributed by atoms with E-state index in [2.05, 4.69) is 15.1 Å². The normalized spacial score (nSPS) is 21.4. The summed E-state index contributed by atoms with van der Waals surface area (Å²) in [5, 5.41) is 16.0. The van der Waals surface area contributed by atoms with E-state index in [1.165, 1.54) is 0 Å². The third-order valence-electron chi connectivity index (χ3n) is 2.41. The van der Waals surface area contributed by atoms with Crippen molar-refractivity contribution in [1.29, 1.82) is 5.41 Å². The second-order valence-electron chi connectivity index (χ2n) is 3.55. The molecule has 1 saturated heterocycles.